The summed E-state index contributed by atoms with van der Waals surface area (Å²) in [7, 11) is -2.91. The van der Waals surface area contributed by atoms with E-state index in [0.29, 0.717) is 0 Å². The van der Waals surface area contributed by atoms with Gasteiger partial charge in [0.15, 0.2) is 9.84 Å². The normalized spacial score (nSPS) is 11.6. The molecule has 0 aliphatic carbocycles. The van der Waals surface area contributed by atoms with E-state index in [1.807, 2.05) is 32.0 Å². The summed E-state index contributed by atoms with van der Waals surface area (Å²) in [4.78, 5) is 0. The van der Waals surface area contributed by atoms with E-state index in [2.05, 4.69) is 0 Å². The van der Waals surface area contributed by atoms with Gasteiger partial charge in [-0.1, -0.05) is 18.2 Å². The van der Waals surface area contributed by atoms with Crippen LogP contribution in [0.2, 0.25) is 0 Å². The fraction of sp³-hybridized carbons (Fsp3) is 0.400. The monoisotopic (exact) mass is 198 g/mol. The molecule has 1 aromatic carbocycles. The third-order valence-electron chi connectivity index (χ3n) is 2.00. The van der Waals surface area contributed by atoms with Crippen LogP contribution in [0.25, 0.3) is 0 Å². The summed E-state index contributed by atoms with van der Waals surface area (Å²) in [6, 6.07) is 5.75. The lowest BCUT2D eigenvalue weighted by molar-refractivity contribution is 0.601. The Labute approximate surface area is 79.5 Å². The summed E-state index contributed by atoms with van der Waals surface area (Å²) in [5.41, 5.74) is 3.20. The number of hydrogen-bond acceptors (Lipinski definition) is 2. The van der Waals surface area contributed by atoms with Crippen LogP contribution in [0, 0.1) is 13.8 Å². The minimum absolute atomic E-state index is 0.133. The Balaban J connectivity index is 2.99. The van der Waals surface area contributed by atoms with Crippen LogP contribution >= 0.6 is 0 Å². The van der Waals surface area contributed by atoms with Crippen molar-refractivity contribution < 1.29 is 8.42 Å². The van der Waals surface area contributed by atoms with Gasteiger partial charge in [0, 0.05) is 6.26 Å². The Kier molecular flexibility index (Phi) is 2.76. The lowest BCUT2D eigenvalue weighted by atomic mass is 10.1. The van der Waals surface area contributed by atoms with Crippen LogP contribution in [0.1, 0.15) is 16.7 Å². The SMILES string of the molecule is Cc1ccc(CS(C)(=O)=O)cc1C. The molecule has 1 aromatic rings. The Bertz CT molecular complexity index is 405. The first-order chi connectivity index (χ1) is 5.88. The smallest absolute Gasteiger partial charge is 0.151 e. The van der Waals surface area contributed by atoms with E-state index in [9.17, 15) is 8.42 Å². The molecule has 0 spiro atoms. The molecule has 72 valence electrons. The lowest BCUT2D eigenvalue weighted by Crippen LogP contribution is -2.01. The molecule has 0 unspecified atom stereocenters. The molecular weight excluding hydrogens is 184 g/mol. The first-order valence-electron chi connectivity index (χ1n) is 4.12. The molecule has 3 heteroatoms. The molecule has 0 radical (unpaired) electrons. The highest BCUT2D eigenvalue weighted by atomic mass is 32.2. The zero-order valence-electron chi connectivity index (χ0n) is 8.16. The van der Waals surface area contributed by atoms with Crippen molar-refractivity contribution in [1.82, 2.24) is 0 Å². The quantitative estimate of drug-likeness (QED) is 0.726. The van der Waals surface area contributed by atoms with Crippen molar-refractivity contribution >= 4 is 9.84 Å². The number of hydrogen-bond donors (Lipinski definition) is 0. The number of rotatable bonds is 2. The van der Waals surface area contributed by atoms with Crippen molar-refractivity contribution in [2.75, 3.05) is 6.26 Å². The molecule has 0 aliphatic heterocycles. The van der Waals surface area contributed by atoms with E-state index < -0.39 is 9.84 Å². The topological polar surface area (TPSA) is 34.1 Å². The van der Waals surface area contributed by atoms with E-state index in [0.717, 1.165) is 11.1 Å². The Hall–Kier alpha value is -0.830. The van der Waals surface area contributed by atoms with Crippen molar-refractivity contribution in [2.24, 2.45) is 0 Å². The van der Waals surface area contributed by atoms with Gasteiger partial charge < -0.3 is 0 Å². The minimum Gasteiger partial charge on any atom is -0.229 e. The predicted octanol–water partition coefficient (Wildman–Crippen LogP) is 1.85. The van der Waals surface area contributed by atoms with Crippen LogP contribution in [0.15, 0.2) is 18.2 Å². The first kappa shape index (κ1) is 10.3. The van der Waals surface area contributed by atoms with Gasteiger partial charge >= 0.3 is 0 Å². The molecular formula is C10H14O2S. The molecule has 1 rings (SSSR count). The van der Waals surface area contributed by atoms with Crippen molar-refractivity contribution in [3.05, 3.63) is 34.9 Å². The third kappa shape index (κ3) is 3.19. The van der Waals surface area contributed by atoms with Crippen molar-refractivity contribution in [1.29, 1.82) is 0 Å². The number of aryl methyl sites for hydroxylation is 2. The highest BCUT2D eigenvalue weighted by molar-refractivity contribution is 7.89. The molecule has 0 heterocycles. The van der Waals surface area contributed by atoms with Crippen molar-refractivity contribution in [3.8, 4) is 0 Å². The maximum absolute atomic E-state index is 11.0. The summed E-state index contributed by atoms with van der Waals surface area (Å²) in [5.74, 6) is 0.133. The molecule has 0 aliphatic rings. The Morgan fingerprint density at radius 1 is 1.15 bits per heavy atom. The molecule has 2 nitrogen and oxygen atoms in total. The Morgan fingerprint density at radius 3 is 2.23 bits per heavy atom. The predicted molar refractivity (Wildman–Crippen MR) is 54.5 cm³/mol. The average Bonchev–Trinajstić information content (AvgIpc) is 1.94. The third-order valence-corrected chi connectivity index (χ3v) is 2.86. The fourth-order valence-corrected chi connectivity index (χ4v) is 1.98. The number of sulfone groups is 1. The molecule has 0 bridgehead atoms. The van der Waals surface area contributed by atoms with Gasteiger partial charge in [-0.05, 0) is 30.5 Å². The molecule has 0 amide bonds. The van der Waals surface area contributed by atoms with Crippen LogP contribution < -0.4 is 0 Å². The molecule has 0 saturated carbocycles. The van der Waals surface area contributed by atoms with Gasteiger partial charge in [0.2, 0.25) is 0 Å². The summed E-state index contributed by atoms with van der Waals surface area (Å²) >= 11 is 0. The van der Waals surface area contributed by atoms with Crippen molar-refractivity contribution in [3.63, 3.8) is 0 Å². The zero-order valence-corrected chi connectivity index (χ0v) is 8.98. The highest BCUT2D eigenvalue weighted by Gasteiger charge is 2.04. The largest absolute Gasteiger partial charge is 0.229 e. The zero-order chi connectivity index (χ0) is 10.1. The molecule has 0 atom stereocenters. The van der Waals surface area contributed by atoms with Gasteiger partial charge in [-0.15, -0.1) is 0 Å². The molecule has 0 N–H and O–H groups in total. The molecule has 0 fully saturated rings. The van der Waals surface area contributed by atoms with E-state index in [1.54, 1.807) is 0 Å². The summed E-state index contributed by atoms with van der Waals surface area (Å²) in [5, 5.41) is 0. The van der Waals surface area contributed by atoms with Crippen LogP contribution in [0.4, 0.5) is 0 Å². The summed E-state index contributed by atoms with van der Waals surface area (Å²) in [6.45, 7) is 4.00. The van der Waals surface area contributed by atoms with Crippen LogP contribution in [0.5, 0.6) is 0 Å². The minimum atomic E-state index is -2.91. The maximum atomic E-state index is 11.0. The molecule has 0 saturated heterocycles. The van der Waals surface area contributed by atoms with Gasteiger partial charge in [0.05, 0.1) is 5.75 Å². The molecule has 0 aromatic heterocycles. The highest BCUT2D eigenvalue weighted by Crippen LogP contribution is 2.11. The van der Waals surface area contributed by atoms with Gasteiger partial charge in [-0.3, -0.25) is 0 Å². The second-order valence-electron chi connectivity index (χ2n) is 3.49. The summed E-state index contributed by atoms with van der Waals surface area (Å²) in [6.07, 6.45) is 1.25. The van der Waals surface area contributed by atoms with Crippen LogP contribution in [0.3, 0.4) is 0 Å². The summed E-state index contributed by atoms with van der Waals surface area (Å²) < 4.78 is 22.0. The van der Waals surface area contributed by atoms with Gasteiger partial charge in [0.25, 0.3) is 0 Å². The van der Waals surface area contributed by atoms with Gasteiger partial charge in [0.1, 0.15) is 0 Å². The van der Waals surface area contributed by atoms with E-state index in [1.165, 1.54) is 11.8 Å². The van der Waals surface area contributed by atoms with Crippen molar-refractivity contribution in [2.45, 2.75) is 19.6 Å². The molecule has 13 heavy (non-hydrogen) atoms. The number of benzene rings is 1. The van der Waals surface area contributed by atoms with Crippen LogP contribution in [-0.2, 0) is 15.6 Å². The van der Waals surface area contributed by atoms with E-state index in [4.69, 9.17) is 0 Å². The first-order valence-corrected chi connectivity index (χ1v) is 6.18. The second-order valence-corrected chi connectivity index (χ2v) is 5.63. The Morgan fingerprint density at radius 2 is 1.77 bits per heavy atom. The second kappa shape index (κ2) is 3.50. The lowest BCUT2D eigenvalue weighted by Gasteiger charge is -2.03. The van der Waals surface area contributed by atoms with E-state index in [-0.39, 0.29) is 5.75 Å². The average molecular weight is 198 g/mol. The maximum Gasteiger partial charge on any atom is 0.151 e. The fourth-order valence-electron chi connectivity index (χ4n) is 1.20. The van der Waals surface area contributed by atoms with Crippen LogP contribution in [-0.4, -0.2) is 14.7 Å². The van der Waals surface area contributed by atoms with Gasteiger partial charge in [-0.25, -0.2) is 8.42 Å². The standard InChI is InChI=1S/C10H14O2S/c1-8-4-5-10(6-9(8)2)7-13(3,11)12/h4-6H,7H2,1-3H3. The van der Waals surface area contributed by atoms with E-state index >= 15 is 0 Å². The van der Waals surface area contributed by atoms with Gasteiger partial charge in [-0.2, -0.15) is 0 Å².